The Morgan fingerprint density at radius 1 is 1.26 bits per heavy atom. The first-order valence-corrected chi connectivity index (χ1v) is 8.97. The molecular weight excluding hydrogens is 346 g/mol. The monoisotopic (exact) mass is 369 g/mol. The molecular formula is C19H23N5O3. The summed E-state index contributed by atoms with van der Waals surface area (Å²) in [6, 6.07) is 11.7. The number of azide groups is 1. The molecule has 2 heterocycles. The van der Waals surface area contributed by atoms with Gasteiger partial charge in [-0.05, 0) is 36.5 Å². The van der Waals surface area contributed by atoms with E-state index in [2.05, 4.69) is 14.9 Å². The van der Waals surface area contributed by atoms with Gasteiger partial charge in [0.05, 0.1) is 13.2 Å². The standard InChI is InChI=1S/C19H23N5O3/c20-22-21-14-27-13-17-7-4-9-23(17)12-16-8-10-24(19(26)18(16)25)11-15-5-2-1-3-6-15/h1-3,5-6,8,10,17,25H,4,7,9,11-14H2/t17-/m1/s1. The van der Waals surface area contributed by atoms with Crippen LogP contribution in [0.25, 0.3) is 10.4 Å². The molecule has 27 heavy (non-hydrogen) atoms. The lowest BCUT2D eigenvalue weighted by molar-refractivity contribution is 0.0781. The Morgan fingerprint density at radius 3 is 2.85 bits per heavy atom. The fourth-order valence-corrected chi connectivity index (χ4v) is 3.40. The summed E-state index contributed by atoms with van der Waals surface area (Å²) < 4.78 is 6.89. The lowest BCUT2D eigenvalue weighted by Crippen LogP contribution is -2.33. The Labute approximate surface area is 157 Å². The highest BCUT2D eigenvalue weighted by atomic mass is 16.5. The first-order valence-electron chi connectivity index (χ1n) is 8.97. The molecule has 8 heteroatoms. The summed E-state index contributed by atoms with van der Waals surface area (Å²) in [5.74, 6) is -0.200. The van der Waals surface area contributed by atoms with E-state index in [1.54, 1.807) is 12.3 Å². The summed E-state index contributed by atoms with van der Waals surface area (Å²) in [5, 5.41) is 13.8. The molecule has 1 atom stereocenters. The van der Waals surface area contributed by atoms with Crippen molar-refractivity contribution in [3.8, 4) is 5.75 Å². The molecule has 142 valence electrons. The van der Waals surface area contributed by atoms with Crippen molar-refractivity contribution in [3.05, 3.63) is 74.5 Å². The summed E-state index contributed by atoms with van der Waals surface area (Å²) in [6.07, 6.45) is 3.73. The molecule has 1 aromatic heterocycles. The van der Waals surface area contributed by atoms with Crippen LogP contribution in [0.15, 0.2) is 52.5 Å². The highest BCUT2D eigenvalue weighted by molar-refractivity contribution is 5.30. The molecule has 2 aromatic rings. The number of hydrogen-bond acceptors (Lipinski definition) is 5. The Bertz CT molecular complexity index is 861. The predicted octanol–water partition coefficient (Wildman–Crippen LogP) is 2.85. The molecule has 1 fully saturated rings. The van der Waals surface area contributed by atoms with Gasteiger partial charge in [0.25, 0.3) is 5.56 Å². The minimum Gasteiger partial charge on any atom is -0.503 e. The SMILES string of the molecule is [N-]=[N+]=NCOC[C@H]1CCCN1Cc1ccn(Cc2ccccc2)c(=O)c1O. The number of ether oxygens (including phenoxy) is 1. The van der Waals surface area contributed by atoms with Gasteiger partial charge in [-0.25, -0.2) is 0 Å². The van der Waals surface area contributed by atoms with E-state index in [-0.39, 0.29) is 24.1 Å². The smallest absolute Gasteiger partial charge is 0.293 e. The topological polar surface area (TPSA) is 103 Å². The lowest BCUT2D eigenvalue weighted by Gasteiger charge is -2.24. The van der Waals surface area contributed by atoms with E-state index in [1.807, 2.05) is 30.3 Å². The molecule has 0 aliphatic carbocycles. The average Bonchev–Trinajstić information content (AvgIpc) is 3.13. The minimum atomic E-state index is -0.383. The molecule has 0 unspecified atom stereocenters. The van der Waals surface area contributed by atoms with Crippen molar-refractivity contribution in [3.63, 3.8) is 0 Å². The highest BCUT2D eigenvalue weighted by Crippen LogP contribution is 2.23. The van der Waals surface area contributed by atoms with Gasteiger partial charge < -0.3 is 14.4 Å². The molecule has 1 aliphatic heterocycles. The van der Waals surface area contributed by atoms with Gasteiger partial charge in [0.15, 0.2) is 5.75 Å². The summed E-state index contributed by atoms with van der Waals surface area (Å²) in [4.78, 5) is 17.4. The molecule has 0 saturated carbocycles. The van der Waals surface area contributed by atoms with Crippen molar-refractivity contribution < 1.29 is 9.84 Å². The van der Waals surface area contributed by atoms with Crippen molar-refractivity contribution >= 4 is 0 Å². The average molecular weight is 369 g/mol. The van der Waals surface area contributed by atoms with Gasteiger partial charge in [-0.3, -0.25) is 9.69 Å². The predicted molar refractivity (Wildman–Crippen MR) is 101 cm³/mol. The van der Waals surface area contributed by atoms with Crippen LogP contribution in [0.4, 0.5) is 0 Å². The number of hydrogen-bond donors (Lipinski definition) is 1. The second-order valence-corrected chi connectivity index (χ2v) is 6.61. The molecule has 1 N–H and O–H groups in total. The number of pyridine rings is 1. The van der Waals surface area contributed by atoms with Crippen molar-refractivity contribution in [1.82, 2.24) is 9.47 Å². The molecule has 1 aliphatic rings. The Balaban J connectivity index is 1.67. The summed E-state index contributed by atoms with van der Waals surface area (Å²) in [5.41, 5.74) is 9.52. The van der Waals surface area contributed by atoms with Crippen LogP contribution in [0, 0.1) is 0 Å². The number of rotatable bonds is 8. The zero-order chi connectivity index (χ0) is 19.1. The molecule has 0 spiro atoms. The third-order valence-electron chi connectivity index (χ3n) is 4.81. The molecule has 1 aromatic carbocycles. The number of benzene rings is 1. The first-order chi connectivity index (χ1) is 13.2. The zero-order valence-electron chi connectivity index (χ0n) is 15.1. The molecule has 0 bridgehead atoms. The highest BCUT2D eigenvalue weighted by Gasteiger charge is 2.25. The van der Waals surface area contributed by atoms with Crippen LogP contribution in [0.1, 0.15) is 24.0 Å². The third kappa shape index (κ3) is 4.89. The van der Waals surface area contributed by atoms with Crippen molar-refractivity contribution in [2.75, 3.05) is 19.9 Å². The third-order valence-corrected chi connectivity index (χ3v) is 4.81. The van der Waals surface area contributed by atoms with Crippen LogP contribution < -0.4 is 5.56 Å². The Hall–Kier alpha value is -2.80. The maximum atomic E-state index is 12.5. The lowest BCUT2D eigenvalue weighted by atomic mass is 10.2. The second-order valence-electron chi connectivity index (χ2n) is 6.61. The summed E-state index contributed by atoms with van der Waals surface area (Å²) >= 11 is 0. The number of likely N-dealkylation sites (tertiary alicyclic amines) is 1. The second kappa shape index (κ2) is 9.23. The molecule has 0 amide bonds. The van der Waals surface area contributed by atoms with Gasteiger partial charge in [-0.2, -0.15) is 0 Å². The maximum absolute atomic E-state index is 12.5. The largest absolute Gasteiger partial charge is 0.503 e. The first kappa shape index (κ1) is 19.0. The zero-order valence-corrected chi connectivity index (χ0v) is 15.1. The van der Waals surface area contributed by atoms with Crippen molar-refractivity contribution in [1.29, 1.82) is 0 Å². The summed E-state index contributed by atoms with van der Waals surface area (Å²) in [7, 11) is 0. The fraction of sp³-hybridized carbons (Fsp3) is 0.421. The van der Waals surface area contributed by atoms with E-state index in [0.717, 1.165) is 24.9 Å². The van der Waals surface area contributed by atoms with Gasteiger partial charge in [-0.1, -0.05) is 35.4 Å². The van der Waals surface area contributed by atoms with E-state index in [0.29, 0.717) is 25.3 Å². The van der Waals surface area contributed by atoms with Gasteiger partial charge >= 0.3 is 0 Å². The van der Waals surface area contributed by atoms with Gasteiger partial charge in [-0.15, -0.1) is 0 Å². The van der Waals surface area contributed by atoms with Crippen molar-refractivity contribution in [2.24, 2.45) is 5.11 Å². The van der Waals surface area contributed by atoms with E-state index < -0.39 is 0 Å². The van der Waals surface area contributed by atoms with Gasteiger partial charge in [0, 0.05) is 29.3 Å². The van der Waals surface area contributed by atoms with Gasteiger partial charge in [0.1, 0.15) is 6.73 Å². The summed E-state index contributed by atoms with van der Waals surface area (Å²) in [6.45, 7) is 2.27. The van der Waals surface area contributed by atoms with Crippen LogP contribution in [-0.4, -0.2) is 40.5 Å². The number of aromatic nitrogens is 1. The van der Waals surface area contributed by atoms with Crippen LogP contribution in [0.3, 0.4) is 0 Å². The van der Waals surface area contributed by atoms with E-state index >= 15 is 0 Å². The van der Waals surface area contributed by atoms with Crippen LogP contribution in [0.5, 0.6) is 5.75 Å². The molecule has 0 radical (unpaired) electrons. The van der Waals surface area contributed by atoms with E-state index in [9.17, 15) is 9.90 Å². The van der Waals surface area contributed by atoms with Crippen LogP contribution >= 0.6 is 0 Å². The minimum absolute atomic E-state index is 0.0155. The molecule has 8 nitrogen and oxygen atoms in total. The Morgan fingerprint density at radius 2 is 2.07 bits per heavy atom. The molecule has 1 saturated heterocycles. The number of nitrogens with zero attached hydrogens (tertiary/aromatic N) is 5. The van der Waals surface area contributed by atoms with Crippen molar-refractivity contribution in [2.45, 2.75) is 32.0 Å². The van der Waals surface area contributed by atoms with E-state index in [1.165, 1.54) is 4.57 Å². The van der Waals surface area contributed by atoms with Gasteiger partial charge in [0.2, 0.25) is 0 Å². The molecule has 3 rings (SSSR count). The van der Waals surface area contributed by atoms with Crippen LogP contribution in [0.2, 0.25) is 0 Å². The maximum Gasteiger partial charge on any atom is 0.293 e. The Kier molecular flexibility index (Phi) is 6.49. The van der Waals surface area contributed by atoms with Crippen LogP contribution in [-0.2, 0) is 17.8 Å². The quantitative estimate of drug-likeness (QED) is 0.334. The normalized spacial score (nSPS) is 17.0. The van der Waals surface area contributed by atoms with E-state index in [4.69, 9.17) is 10.3 Å². The number of aromatic hydroxyl groups is 1. The fourth-order valence-electron chi connectivity index (χ4n) is 3.40.